The van der Waals surface area contributed by atoms with Gasteiger partial charge in [0.15, 0.2) is 0 Å². The molecule has 2 amide bonds. The van der Waals surface area contributed by atoms with Crippen LogP contribution in [0.15, 0.2) is 30.3 Å². The van der Waals surface area contributed by atoms with Crippen molar-refractivity contribution >= 4 is 12.0 Å². The Morgan fingerprint density at radius 1 is 1.45 bits per heavy atom. The van der Waals surface area contributed by atoms with Crippen molar-refractivity contribution in [1.29, 1.82) is 0 Å². The number of likely N-dealkylation sites (N-methyl/N-ethyl adjacent to an activating group) is 1. The normalized spacial score (nSPS) is 19.4. The fourth-order valence-corrected chi connectivity index (χ4v) is 1.86. The summed E-state index contributed by atoms with van der Waals surface area (Å²) in [6.45, 7) is 1.34. The first-order valence-electron chi connectivity index (χ1n) is 6.47. The van der Waals surface area contributed by atoms with Crippen molar-refractivity contribution in [2.45, 2.75) is 12.6 Å². The van der Waals surface area contributed by atoms with Gasteiger partial charge in [0.05, 0.1) is 13.2 Å². The number of amides is 2. The van der Waals surface area contributed by atoms with Crippen molar-refractivity contribution in [1.82, 2.24) is 10.2 Å². The highest BCUT2D eigenvalue weighted by molar-refractivity contribution is 5.85. The molecule has 6 heteroatoms. The Morgan fingerprint density at radius 3 is 2.95 bits per heavy atom. The quantitative estimate of drug-likeness (QED) is 0.887. The number of nitrogens with zero attached hydrogens (tertiary/aromatic N) is 1. The third-order valence-electron chi connectivity index (χ3n) is 3.03. The van der Waals surface area contributed by atoms with Gasteiger partial charge in [-0.2, -0.15) is 0 Å². The highest BCUT2D eigenvalue weighted by Crippen LogP contribution is 2.03. The molecule has 0 aliphatic carbocycles. The molecule has 1 aliphatic heterocycles. The van der Waals surface area contributed by atoms with E-state index in [9.17, 15) is 9.59 Å². The average Bonchev–Trinajstić information content (AvgIpc) is 2.62. The molecule has 0 aromatic heterocycles. The minimum absolute atomic E-state index is 0.167. The van der Waals surface area contributed by atoms with Crippen LogP contribution >= 0.6 is 0 Å². The number of hydrogen-bond donors (Lipinski definition) is 1. The smallest absolute Gasteiger partial charge is 0.408 e. The summed E-state index contributed by atoms with van der Waals surface area (Å²) in [5.41, 5.74) is 0.892. The largest absolute Gasteiger partial charge is 0.445 e. The average molecular weight is 278 g/mol. The van der Waals surface area contributed by atoms with Gasteiger partial charge >= 0.3 is 6.09 Å². The molecular weight excluding hydrogens is 260 g/mol. The van der Waals surface area contributed by atoms with E-state index in [4.69, 9.17) is 9.47 Å². The second-order valence-corrected chi connectivity index (χ2v) is 4.59. The molecule has 0 radical (unpaired) electrons. The van der Waals surface area contributed by atoms with Crippen molar-refractivity contribution in [3.63, 3.8) is 0 Å². The minimum atomic E-state index is -0.689. The lowest BCUT2D eigenvalue weighted by Crippen LogP contribution is -2.48. The number of hydrogen-bond acceptors (Lipinski definition) is 4. The summed E-state index contributed by atoms with van der Waals surface area (Å²) < 4.78 is 10.4. The summed E-state index contributed by atoms with van der Waals surface area (Å²) in [7, 11) is 1.68. The highest BCUT2D eigenvalue weighted by atomic mass is 16.5. The van der Waals surface area contributed by atoms with Gasteiger partial charge in [-0.15, -0.1) is 0 Å². The zero-order valence-electron chi connectivity index (χ0n) is 11.4. The molecule has 1 aromatic rings. The van der Waals surface area contributed by atoms with Gasteiger partial charge in [0.1, 0.15) is 12.6 Å². The highest BCUT2D eigenvalue weighted by Gasteiger charge is 2.27. The summed E-state index contributed by atoms with van der Waals surface area (Å²) in [4.78, 5) is 25.2. The van der Waals surface area contributed by atoms with Gasteiger partial charge in [-0.05, 0) is 5.56 Å². The molecular formula is C14H18N2O4. The molecule has 1 aliphatic rings. The van der Waals surface area contributed by atoms with Crippen LogP contribution in [0.2, 0.25) is 0 Å². The Balaban J connectivity index is 1.83. The molecule has 6 nitrogen and oxygen atoms in total. The Labute approximate surface area is 117 Å². The van der Waals surface area contributed by atoms with Gasteiger partial charge in [-0.25, -0.2) is 4.79 Å². The van der Waals surface area contributed by atoms with Crippen LogP contribution in [0.5, 0.6) is 0 Å². The summed E-state index contributed by atoms with van der Waals surface area (Å²) in [6.07, 6.45) is -0.619. The summed E-state index contributed by atoms with van der Waals surface area (Å²) in [6, 6.07) is 8.66. The maximum atomic E-state index is 11.9. The molecule has 0 unspecified atom stereocenters. The van der Waals surface area contributed by atoms with E-state index in [-0.39, 0.29) is 19.1 Å². The fourth-order valence-electron chi connectivity index (χ4n) is 1.86. The Hall–Kier alpha value is -2.08. The molecule has 1 saturated heterocycles. The number of carbonyl (C=O) groups is 2. The predicted molar refractivity (Wildman–Crippen MR) is 72.0 cm³/mol. The van der Waals surface area contributed by atoms with E-state index in [0.29, 0.717) is 13.2 Å². The van der Waals surface area contributed by atoms with Crippen molar-refractivity contribution in [2.24, 2.45) is 0 Å². The molecule has 1 aromatic carbocycles. The molecule has 0 bridgehead atoms. The van der Waals surface area contributed by atoms with Crippen molar-refractivity contribution < 1.29 is 19.1 Å². The van der Waals surface area contributed by atoms with Crippen LogP contribution in [0.1, 0.15) is 5.56 Å². The molecule has 0 saturated carbocycles. The second-order valence-electron chi connectivity index (χ2n) is 4.59. The zero-order chi connectivity index (χ0) is 14.4. The number of alkyl carbamates (subject to hydrolysis) is 1. The van der Waals surface area contributed by atoms with E-state index < -0.39 is 12.1 Å². The monoisotopic (exact) mass is 278 g/mol. The van der Waals surface area contributed by atoms with Crippen molar-refractivity contribution in [3.05, 3.63) is 35.9 Å². The lowest BCUT2D eigenvalue weighted by molar-refractivity contribution is -0.131. The summed E-state index contributed by atoms with van der Waals surface area (Å²) >= 11 is 0. The van der Waals surface area contributed by atoms with Crippen LogP contribution in [0.25, 0.3) is 0 Å². The van der Waals surface area contributed by atoms with Crippen LogP contribution in [-0.2, 0) is 20.9 Å². The maximum absolute atomic E-state index is 11.9. The fraction of sp³-hybridized carbons (Fsp3) is 0.429. The molecule has 1 heterocycles. The third-order valence-corrected chi connectivity index (χ3v) is 3.03. The van der Waals surface area contributed by atoms with Gasteiger partial charge in [0.2, 0.25) is 5.91 Å². The van der Waals surface area contributed by atoms with Gasteiger partial charge < -0.3 is 19.7 Å². The van der Waals surface area contributed by atoms with Gasteiger partial charge in [0, 0.05) is 13.6 Å². The van der Waals surface area contributed by atoms with E-state index in [2.05, 4.69) is 5.32 Å². The second kappa shape index (κ2) is 6.91. The first kappa shape index (κ1) is 14.3. The molecule has 2 rings (SSSR count). The zero-order valence-corrected chi connectivity index (χ0v) is 11.4. The molecule has 1 N–H and O–H groups in total. The Morgan fingerprint density at radius 2 is 2.20 bits per heavy atom. The Kier molecular flexibility index (Phi) is 4.95. The van der Waals surface area contributed by atoms with Gasteiger partial charge in [-0.3, -0.25) is 4.79 Å². The predicted octanol–water partition coefficient (Wildman–Crippen LogP) is 0.770. The van der Waals surface area contributed by atoms with Gasteiger partial charge in [0.25, 0.3) is 0 Å². The molecule has 1 atom stereocenters. The summed E-state index contributed by atoms with van der Waals surface area (Å²) in [5.74, 6) is -0.167. The first-order chi connectivity index (χ1) is 9.66. The number of carbonyl (C=O) groups excluding carboxylic acids is 2. The third kappa shape index (κ3) is 3.96. The van der Waals surface area contributed by atoms with E-state index in [1.54, 1.807) is 7.05 Å². The van der Waals surface area contributed by atoms with E-state index in [0.717, 1.165) is 5.56 Å². The lowest BCUT2D eigenvalue weighted by Gasteiger charge is -2.19. The van der Waals surface area contributed by atoms with E-state index >= 15 is 0 Å². The van der Waals surface area contributed by atoms with Crippen LogP contribution in [0.4, 0.5) is 4.79 Å². The van der Waals surface area contributed by atoms with E-state index in [1.165, 1.54) is 4.90 Å². The number of benzene rings is 1. The van der Waals surface area contributed by atoms with E-state index in [1.807, 2.05) is 30.3 Å². The standard InChI is InChI=1S/C14H18N2O4/c1-16-7-8-19-10-12(13(16)17)15-14(18)20-9-11-5-3-2-4-6-11/h2-6,12H,7-10H2,1H3,(H,15,18)/t12-/m1/s1. The molecule has 1 fully saturated rings. The molecule has 108 valence electrons. The van der Waals surface area contributed by atoms with Crippen molar-refractivity contribution in [3.8, 4) is 0 Å². The first-order valence-corrected chi connectivity index (χ1v) is 6.47. The number of rotatable bonds is 3. The number of nitrogens with one attached hydrogen (secondary N) is 1. The van der Waals surface area contributed by atoms with Gasteiger partial charge in [-0.1, -0.05) is 30.3 Å². The van der Waals surface area contributed by atoms with Crippen LogP contribution in [0, 0.1) is 0 Å². The number of ether oxygens (including phenoxy) is 2. The summed E-state index contributed by atoms with van der Waals surface area (Å²) in [5, 5.41) is 2.53. The minimum Gasteiger partial charge on any atom is -0.445 e. The van der Waals surface area contributed by atoms with Crippen LogP contribution in [0.3, 0.4) is 0 Å². The van der Waals surface area contributed by atoms with Crippen LogP contribution in [-0.4, -0.2) is 49.7 Å². The lowest BCUT2D eigenvalue weighted by atomic mass is 10.2. The molecule has 20 heavy (non-hydrogen) atoms. The molecule has 0 spiro atoms. The van der Waals surface area contributed by atoms with Crippen LogP contribution < -0.4 is 5.32 Å². The van der Waals surface area contributed by atoms with Crippen molar-refractivity contribution in [2.75, 3.05) is 26.8 Å². The SMILES string of the molecule is CN1CCOC[C@@H](NC(=O)OCc2ccccc2)C1=O. The Bertz CT molecular complexity index is 464. The topological polar surface area (TPSA) is 67.9 Å². The maximum Gasteiger partial charge on any atom is 0.408 e.